The molecular formula is C17H24Cl2Ti. The summed E-state index contributed by atoms with van der Waals surface area (Å²) >= 11 is -0.140. The van der Waals surface area contributed by atoms with Crippen LogP contribution >= 0.6 is 24.8 Å². The van der Waals surface area contributed by atoms with E-state index in [1.54, 1.807) is 18.9 Å². The summed E-state index contributed by atoms with van der Waals surface area (Å²) in [6, 6.07) is 6.90. The molecule has 0 saturated carbocycles. The van der Waals surface area contributed by atoms with Crippen LogP contribution in [0.4, 0.5) is 0 Å². The summed E-state index contributed by atoms with van der Waals surface area (Å²) in [5, 5.41) is 0. The van der Waals surface area contributed by atoms with Gasteiger partial charge < -0.3 is 0 Å². The van der Waals surface area contributed by atoms with Crippen LogP contribution in [0.25, 0.3) is 0 Å². The average Bonchev–Trinajstić information content (AvgIpc) is 2.81. The maximum atomic E-state index is 2.33. The number of halogens is 2. The first-order valence-electron chi connectivity index (χ1n) is 6.85. The normalized spacial score (nSPS) is 13.0. The van der Waals surface area contributed by atoms with Crippen molar-refractivity contribution < 1.29 is 19.2 Å². The standard InChI is InChI=1S/C12H17.C5H5.2ClH.Ti/c1-9(2)11-6-5-7-12(8-11)10(3)4;1-2-4-5-3-1;;;/h5-7,9-10H,1-4H3;1-3H,4H2;2*1H;. The molecule has 0 unspecified atom stereocenters. The molecular weight excluding hydrogens is 323 g/mol. The minimum absolute atomic E-state index is 0. The van der Waals surface area contributed by atoms with E-state index in [9.17, 15) is 0 Å². The molecule has 1 aliphatic rings. The number of benzene rings is 1. The summed E-state index contributed by atoms with van der Waals surface area (Å²) in [6.45, 7) is 9.26. The molecule has 20 heavy (non-hydrogen) atoms. The van der Waals surface area contributed by atoms with Gasteiger partial charge in [-0.1, -0.05) is 0 Å². The minimum atomic E-state index is -0.140. The Morgan fingerprint density at radius 2 is 1.50 bits per heavy atom. The van der Waals surface area contributed by atoms with Crippen LogP contribution < -0.4 is 3.87 Å². The SMILES string of the molecule is CC(C)c1cccc(C(C)C)[c]1[Ti][C]1=CC=CC1.Cl.Cl. The molecule has 0 spiro atoms. The molecule has 0 fully saturated rings. The van der Waals surface area contributed by atoms with Crippen molar-refractivity contribution in [2.45, 2.75) is 46.0 Å². The molecule has 0 amide bonds. The van der Waals surface area contributed by atoms with Crippen molar-refractivity contribution in [1.82, 2.24) is 0 Å². The van der Waals surface area contributed by atoms with Crippen molar-refractivity contribution in [3.8, 4) is 0 Å². The van der Waals surface area contributed by atoms with Crippen molar-refractivity contribution in [2.24, 2.45) is 0 Å². The van der Waals surface area contributed by atoms with Crippen LogP contribution in [0, 0.1) is 0 Å². The Balaban J connectivity index is 0.00000180. The molecule has 1 aromatic carbocycles. The molecule has 0 nitrogen and oxygen atoms in total. The van der Waals surface area contributed by atoms with Gasteiger partial charge in [-0.15, -0.1) is 24.8 Å². The summed E-state index contributed by atoms with van der Waals surface area (Å²) in [7, 11) is 0. The van der Waals surface area contributed by atoms with Crippen LogP contribution in [0.2, 0.25) is 0 Å². The minimum Gasteiger partial charge on any atom is -0.147 e. The Kier molecular flexibility index (Phi) is 9.10. The zero-order valence-corrected chi connectivity index (χ0v) is 15.8. The monoisotopic (exact) mass is 346 g/mol. The first-order chi connectivity index (χ1) is 8.59. The van der Waals surface area contributed by atoms with Crippen molar-refractivity contribution in [1.29, 1.82) is 0 Å². The molecule has 0 aromatic heterocycles. The van der Waals surface area contributed by atoms with Gasteiger partial charge in [-0.3, -0.25) is 0 Å². The predicted octanol–water partition coefficient (Wildman–Crippen LogP) is 5.33. The smallest absolute Gasteiger partial charge is 0.147 e. The Morgan fingerprint density at radius 1 is 0.950 bits per heavy atom. The second-order valence-corrected chi connectivity index (χ2v) is 7.74. The van der Waals surface area contributed by atoms with E-state index in [0.29, 0.717) is 11.8 Å². The second-order valence-electron chi connectivity index (χ2n) is 5.57. The van der Waals surface area contributed by atoms with Gasteiger partial charge >= 0.3 is 120 Å². The van der Waals surface area contributed by atoms with Gasteiger partial charge in [0.15, 0.2) is 0 Å². The quantitative estimate of drug-likeness (QED) is 0.646. The van der Waals surface area contributed by atoms with E-state index < -0.39 is 0 Å². The van der Waals surface area contributed by atoms with Gasteiger partial charge in [0.25, 0.3) is 0 Å². The van der Waals surface area contributed by atoms with Gasteiger partial charge in [0.05, 0.1) is 0 Å². The first-order valence-corrected chi connectivity index (χ1v) is 8.41. The van der Waals surface area contributed by atoms with Gasteiger partial charge in [0.1, 0.15) is 0 Å². The Morgan fingerprint density at radius 3 is 1.90 bits per heavy atom. The molecule has 3 heteroatoms. The average molecular weight is 347 g/mol. The summed E-state index contributed by atoms with van der Waals surface area (Å²) < 4.78 is 3.36. The third-order valence-corrected chi connectivity index (χ3v) is 5.80. The first kappa shape index (κ1) is 20.0. The maximum absolute atomic E-state index is 2.33. The molecule has 1 aliphatic carbocycles. The molecule has 1 aromatic rings. The zero-order valence-electron chi connectivity index (χ0n) is 12.6. The van der Waals surface area contributed by atoms with Gasteiger partial charge in [-0.05, 0) is 0 Å². The molecule has 0 saturated heterocycles. The van der Waals surface area contributed by atoms with Crippen LogP contribution in [-0.4, -0.2) is 0 Å². The van der Waals surface area contributed by atoms with Gasteiger partial charge in [-0.25, -0.2) is 0 Å². The van der Waals surface area contributed by atoms with E-state index in [1.807, 2.05) is 0 Å². The van der Waals surface area contributed by atoms with Crippen LogP contribution in [-0.2, 0) is 19.2 Å². The van der Waals surface area contributed by atoms with Crippen molar-refractivity contribution in [3.63, 3.8) is 0 Å². The fraction of sp³-hybridized carbons (Fsp3) is 0.412. The summed E-state index contributed by atoms with van der Waals surface area (Å²) in [6.07, 6.45) is 8.02. The summed E-state index contributed by atoms with van der Waals surface area (Å²) in [5.74, 6) is 1.27. The Labute approximate surface area is 144 Å². The maximum Gasteiger partial charge on any atom is -0.147 e. The van der Waals surface area contributed by atoms with Crippen LogP contribution in [0.5, 0.6) is 0 Å². The van der Waals surface area contributed by atoms with E-state index in [-0.39, 0.29) is 44.0 Å². The molecule has 0 radical (unpaired) electrons. The third kappa shape index (κ3) is 4.77. The number of hydrogen-bond donors (Lipinski definition) is 0. The number of hydrogen-bond acceptors (Lipinski definition) is 0. The molecule has 110 valence electrons. The van der Waals surface area contributed by atoms with Crippen molar-refractivity contribution in [2.75, 3.05) is 0 Å². The van der Waals surface area contributed by atoms with E-state index in [4.69, 9.17) is 0 Å². The topological polar surface area (TPSA) is 0 Å². The van der Waals surface area contributed by atoms with Crippen LogP contribution in [0.1, 0.15) is 57.1 Å². The zero-order chi connectivity index (χ0) is 13.1. The largest absolute Gasteiger partial charge is 0.147 e. The van der Waals surface area contributed by atoms with Gasteiger partial charge in [-0.2, -0.15) is 0 Å². The van der Waals surface area contributed by atoms with Crippen molar-refractivity contribution >= 4 is 28.7 Å². The Hall–Kier alpha value is -0.00571. The second kappa shape index (κ2) is 9.10. The number of allylic oxidation sites excluding steroid dienone is 4. The van der Waals surface area contributed by atoms with Gasteiger partial charge in [0.2, 0.25) is 0 Å². The van der Waals surface area contributed by atoms with E-state index >= 15 is 0 Å². The van der Waals surface area contributed by atoms with Crippen molar-refractivity contribution in [3.05, 3.63) is 51.4 Å². The Bertz CT molecular complexity index is 462. The molecule has 0 N–H and O–H groups in total. The summed E-state index contributed by atoms with van der Waals surface area (Å²) in [4.78, 5) is 0. The van der Waals surface area contributed by atoms with E-state index in [0.717, 1.165) is 0 Å². The van der Waals surface area contributed by atoms with E-state index in [1.165, 1.54) is 6.42 Å². The molecule has 0 heterocycles. The number of rotatable bonds is 4. The third-order valence-electron chi connectivity index (χ3n) is 3.43. The fourth-order valence-electron chi connectivity index (χ4n) is 2.40. The van der Waals surface area contributed by atoms with Crippen LogP contribution in [0.15, 0.2) is 40.3 Å². The summed E-state index contributed by atoms with van der Waals surface area (Å²) in [5.41, 5.74) is 3.16. The predicted molar refractivity (Wildman–Crippen MR) is 90.6 cm³/mol. The molecule has 2 rings (SSSR count). The fourth-order valence-corrected chi connectivity index (χ4v) is 5.13. The van der Waals surface area contributed by atoms with E-state index in [2.05, 4.69) is 64.1 Å². The molecule has 0 aliphatic heterocycles. The van der Waals surface area contributed by atoms with Crippen LogP contribution in [0.3, 0.4) is 0 Å². The molecule has 0 bridgehead atoms. The molecule has 0 atom stereocenters. The van der Waals surface area contributed by atoms with Gasteiger partial charge in [0, 0.05) is 0 Å².